The van der Waals surface area contributed by atoms with Crippen molar-refractivity contribution in [3.05, 3.63) is 18.3 Å². The summed E-state index contributed by atoms with van der Waals surface area (Å²) in [5.74, 6) is 1.89. The fourth-order valence-corrected chi connectivity index (χ4v) is 3.01. The molecule has 0 aromatic carbocycles. The third kappa shape index (κ3) is 3.37. The predicted molar refractivity (Wildman–Crippen MR) is 78.8 cm³/mol. The van der Waals surface area contributed by atoms with Gasteiger partial charge in [-0.3, -0.25) is 0 Å². The molecule has 1 heterocycles. The largest absolute Gasteiger partial charge is 0.495 e. The zero-order valence-corrected chi connectivity index (χ0v) is 12.5. The molecule has 1 aromatic rings. The second-order valence-electron chi connectivity index (χ2n) is 4.73. The number of methoxy groups -OCH3 is 1. The topological polar surface area (TPSA) is 25.4 Å². The SMILES string of the molecule is COc1ccc(N(CCBr)C2CCCCC2)nc1. The number of aromatic nitrogens is 1. The minimum atomic E-state index is 0.650. The first-order valence-electron chi connectivity index (χ1n) is 6.68. The van der Waals surface area contributed by atoms with Gasteiger partial charge in [-0.05, 0) is 25.0 Å². The van der Waals surface area contributed by atoms with E-state index in [1.165, 1.54) is 32.1 Å². The van der Waals surface area contributed by atoms with Crippen molar-refractivity contribution in [3.8, 4) is 5.75 Å². The lowest BCUT2D eigenvalue weighted by atomic mass is 9.94. The van der Waals surface area contributed by atoms with E-state index in [4.69, 9.17) is 4.74 Å². The molecule has 3 nitrogen and oxygen atoms in total. The lowest BCUT2D eigenvalue weighted by Crippen LogP contribution is -2.38. The van der Waals surface area contributed by atoms with Gasteiger partial charge in [-0.25, -0.2) is 4.98 Å². The number of alkyl halides is 1. The molecule has 1 fully saturated rings. The highest BCUT2D eigenvalue weighted by molar-refractivity contribution is 9.09. The zero-order chi connectivity index (χ0) is 12.8. The lowest BCUT2D eigenvalue weighted by Gasteiger charge is -2.35. The third-order valence-corrected chi connectivity index (χ3v) is 3.95. The molecule has 1 saturated carbocycles. The molecule has 1 aliphatic rings. The van der Waals surface area contributed by atoms with Gasteiger partial charge < -0.3 is 9.64 Å². The van der Waals surface area contributed by atoms with Crippen molar-refractivity contribution in [1.29, 1.82) is 0 Å². The maximum Gasteiger partial charge on any atom is 0.137 e. The number of halogens is 1. The molecule has 0 N–H and O–H groups in total. The number of anilines is 1. The van der Waals surface area contributed by atoms with Crippen LogP contribution in [0.5, 0.6) is 5.75 Å². The van der Waals surface area contributed by atoms with E-state index < -0.39 is 0 Å². The predicted octanol–water partition coefficient (Wildman–Crippen LogP) is 3.62. The van der Waals surface area contributed by atoms with Gasteiger partial charge in [-0.15, -0.1) is 0 Å². The van der Waals surface area contributed by atoms with Gasteiger partial charge in [0.15, 0.2) is 0 Å². The normalized spacial score (nSPS) is 16.6. The fourth-order valence-electron chi connectivity index (χ4n) is 2.63. The summed E-state index contributed by atoms with van der Waals surface area (Å²) in [5, 5.41) is 0.983. The molecule has 0 bridgehead atoms. The minimum absolute atomic E-state index is 0.650. The van der Waals surface area contributed by atoms with Crippen molar-refractivity contribution in [1.82, 2.24) is 4.98 Å². The monoisotopic (exact) mass is 312 g/mol. The highest BCUT2D eigenvalue weighted by Crippen LogP contribution is 2.27. The van der Waals surface area contributed by atoms with Gasteiger partial charge in [-0.1, -0.05) is 35.2 Å². The maximum atomic E-state index is 5.16. The Morgan fingerprint density at radius 2 is 2.11 bits per heavy atom. The summed E-state index contributed by atoms with van der Waals surface area (Å²) in [6, 6.07) is 4.71. The third-order valence-electron chi connectivity index (χ3n) is 3.59. The van der Waals surface area contributed by atoms with Gasteiger partial charge in [-0.2, -0.15) is 0 Å². The smallest absolute Gasteiger partial charge is 0.137 e. The number of ether oxygens (including phenoxy) is 1. The van der Waals surface area contributed by atoms with Crippen LogP contribution in [0.3, 0.4) is 0 Å². The Bertz CT molecular complexity index is 349. The van der Waals surface area contributed by atoms with E-state index in [0.29, 0.717) is 6.04 Å². The van der Waals surface area contributed by atoms with Crippen LogP contribution >= 0.6 is 15.9 Å². The molecular formula is C14H21BrN2O. The summed E-state index contributed by atoms with van der Waals surface area (Å²) in [6.45, 7) is 1.02. The molecule has 0 amide bonds. The second kappa shape index (κ2) is 6.98. The molecule has 0 saturated heterocycles. The van der Waals surface area contributed by atoms with E-state index >= 15 is 0 Å². The Hall–Kier alpha value is -0.770. The summed E-state index contributed by atoms with van der Waals surface area (Å²) in [4.78, 5) is 6.96. The van der Waals surface area contributed by atoms with Crippen molar-refractivity contribution >= 4 is 21.7 Å². The van der Waals surface area contributed by atoms with Crippen molar-refractivity contribution in [2.24, 2.45) is 0 Å². The van der Waals surface area contributed by atoms with Crippen molar-refractivity contribution < 1.29 is 4.74 Å². The summed E-state index contributed by atoms with van der Waals surface area (Å²) in [6.07, 6.45) is 8.47. The van der Waals surface area contributed by atoms with Gasteiger partial charge in [0.1, 0.15) is 11.6 Å². The minimum Gasteiger partial charge on any atom is -0.495 e. The molecule has 2 rings (SSSR count). The summed E-state index contributed by atoms with van der Waals surface area (Å²) in [7, 11) is 1.67. The zero-order valence-electron chi connectivity index (χ0n) is 10.9. The first-order chi connectivity index (χ1) is 8.85. The van der Waals surface area contributed by atoms with Crippen LogP contribution in [0.4, 0.5) is 5.82 Å². The van der Waals surface area contributed by atoms with Crippen LogP contribution in [0, 0.1) is 0 Å². The molecule has 100 valence electrons. The van der Waals surface area contributed by atoms with Crippen LogP contribution in [-0.2, 0) is 0 Å². The van der Waals surface area contributed by atoms with E-state index in [1.807, 2.05) is 6.07 Å². The van der Waals surface area contributed by atoms with Crippen LogP contribution in [0.15, 0.2) is 18.3 Å². The van der Waals surface area contributed by atoms with Crippen LogP contribution in [0.1, 0.15) is 32.1 Å². The standard InChI is InChI=1S/C14H21BrN2O/c1-18-13-7-8-14(16-11-13)17(10-9-15)12-5-3-2-4-6-12/h7-8,11-12H,2-6,9-10H2,1H3. The molecule has 0 atom stereocenters. The average molecular weight is 313 g/mol. The van der Waals surface area contributed by atoms with Crippen LogP contribution in [0.25, 0.3) is 0 Å². The van der Waals surface area contributed by atoms with E-state index in [1.54, 1.807) is 13.3 Å². The van der Waals surface area contributed by atoms with Crippen LogP contribution in [0.2, 0.25) is 0 Å². The van der Waals surface area contributed by atoms with E-state index in [2.05, 4.69) is 31.9 Å². The highest BCUT2D eigenvalue weighted by atomic mass is 79.9. The van der Waals surface area contributed by atoms with Crippen molar-refractivity contribution in [3.63, 3.8) is 0 Å². The Morgan fingerprint density at radius 1 is 1.33 bits per heavy atom. The summed E-state index contributed by atoms with van der Waals surface area (Å²) >= 11 is 3.55. The number of hydrogen-bond acceptors (Lipinski definition) is 3. The number of rotatable bonds is 5. The fraction of sp³-hybridized carbons (Fsp3) is 0.643. The lowest BCUT2D eigenvalue weighted by molar-refractivity contribution is 0.409. The van der Waals surface area contributed by atoms with Gasteiger partial charge in [0.2, 0.25) is 0 Å². The number of nitrogens with zero attached hydrogens (tertiary/aromatic N) is 2. The molecule has 4 heteroatoms. The molecule has 1 aliphatic carbocycles. The quantitative estimate of drug-likeness (QED) is 0.776. The first kappa shape index (κ1) is 13.7. The number of hydrogen-bond donors (Lipinski definition) is 0. The van der Waals surface area contributed by atoms with Crippen molar-refractivity contribution in [2.75, 3.05) is 23.9 Å². The van der Waals surface area contributed by atoms with Gasteiger partial charge in [0.05, 0.1) is 13.3 Å². The van der Waals surface area contributed by atoms with Gasteiger partial charge >= 0.3 is 0 Å². The molecule has 0 spiro atoms. The maximum absolute atomic E-state index is 5.16. The Morgan fingerprint density at radius 3 is 2.67 bits per heavy atom. The summed E-state index contributed by atoms with van der Waals surface area (Å²) < 4.78 is 5.16. The average Bonchev–Trinajstić information content (AvgIpc) is 2.46. The van der Waals surface area contributed by atoms with Crippen LogP contribution < -0.4 is 9.64 Å². The van der Waals surface area contributed by atoms with Crippen molar-refractivity contribution in [2.45, 2.75) is 38.1 Å². The first-order valence-corrected chi connectivity index (χ1v) is 7.80. The molecule has 0 unspecified atom stereocenters. The molecule has 0 radical (unpaired) electrons. The Balaban J connectivity index is 2.11. The molecule has 0 aliphatic heterocycles. The molecule has 1 aromatic heterocycles. The van der Waals surface area contributed by atoms with Gasteiger partial charge in [0, 0.05) is 17.9 Å². The van der Waals surface area contributed by atoms with Gasteiger partial charge in [0.25, 0.3) is 0 Å². The Kier molecular flexibility index (Phi) is 5.29. The van der Waals surface area contributed by atoms with E-state index in [0.717, 1.165) is 23.4 Å². The van der Waals surface area contributed by atoms with E-state index in [-0.39, 0.29) is 0 Å². The van der Waals surface area contributed by atoms with Crippen LogP contribution in [-0.4, -0.2) is 30.0 Å². The highest BCUT2D eigenvalue weighted by Gasteiger charge is 2.21. The van der Waals surface area contributed by atoms with E-state index in [9.17, 15) is 0 Å². The summed E-state index contributed by atoms with van der Waals surface area (Å²) in [5.41, 5.74) is 0. The molecular weight excluding hydrogens is 292 g/mol. The Labute approximate surface area is 118 Å². The number of pyridine rings is 1. The second-order valence-corrected chi connectivity index (χ2v) is 5.52. The molecule has 18 heavy (non-hydrogen) atoms.